The third kappa shape index (κ3) is 4.39. The van der Waals surface area contributed by atoms with Crippen LogP contribution >= 0.6 is 0 Å². The molecule has 0 bridgehead atoms. The van der Waals surface area contributed by atoms with Gasteiger partial charge >= 0.3 is 6.18 Å². The second-order valence-electron chi connectivity index (χ2n) is 8.30. The third-order valence-electron chi connectivity index (χ3n) is 6.26. The Morgan fingerprint density at radius 1 is 1.32 bits per heavy atom. The number of aromatic nitrogens is 2. The van der Waals surface area contributed by atoms with E-state index in [2.05, 4.69) is 23.8 Å². The van der Waals surface area contributed by atoms with E-state index in [1.165, 1.54) is 0 Å². The van der Waals surface area contributed by atoms with Crippen LogP contribution < -0.4 is 10.6 Å². The summed E-state index contributed by atoms with van der Waals surface area (Å²) in [5.74, 6) is 0.541. The highest BCUT2D eigenvalue weighted by Crippen LogP contribution is 2.46. The van der Waals surface area contributed by atoms with Crippen LogP contribution in [0.25, 0.3) is 0 Å². The Morgan fingerprint density at radius 2 is 2.00 bits per heavy atom. The standard InChI is InChI=1S/C19H28F3N5O/c1-13(2)18(5-3-14(23)11-18)12-16(28)26-7-9-27(10-8-26)17-24-6-4-15(25-17)19(20,21)22/h4,6,13-14H,3,5,7-12,23H2,1-2H3/t14-,18-/m1/s1. The van der Waals surface area contributed by atoms with Crippen LogP contribution in [0.1, 0.15) is 45.2 Å². The zero-order chi connectivity index (χ0) is 20.5. The fourth-order valence-corrected chi connectivity index (χ4v) is 4.32. The molecule has 2 aliphatic rings. The average Bonchev–Trinajstić information content (AvgIpc) is 3.03. The lowest BCUT2D eigenvalue weighted by atomic mass is 9.72. The molecular formula is C19H28F3N5O. The highest BCUT2D eigenvalue weighted by molar-refractivity contribution is 5.77. The maximum absolute atomic E-state index is 12.9. The molecule has 1 saturated heterocycles. The molecule has 1 aliphatic heterocycles. The first kappa shape index (κ1) is 20.8. The van der Waals surface area contributed by atoms with Gasteiger partial charge in [-0.05, 0) is 36.7 Å². The van der Waals surface area contributed by atoms with Crippen molar-refractivity contribution in [2.75, 3.05) is 31.1 Å². The van der Waals surface area contributed by atoms with E-state index >= 15 is 0 Å². The number of rotatable bonds is 4. The van der Waals surface area contributed by atoms with Crippen molar-refractivity contribution in [1.82, 2.24) is 14.9 Å². The summed E-state index contributed by atoms with van der Waals surface area (Å²) in [6.07, 6.45) is -0.101. The molecule has 6 nitrogen and oxygen atoms in total. The molecule has 28 heavy (non-hydrogen) atoms. The van der Waals surface area contributed by atoms with Gasteiger partial charge in [0.15, 0.2) is 0 Å². The van der Waals surface area contributed by atoms with Crippen molar-refractivity contribution in [2.24, 2.45) is 17.1 Å². The predicted molar refractivity (Wildman–Crippen MR) is 99.5 cm³/mol. The van der Waals surface area contributed by atoms with Gasteiger partial charge in [0.05, 0.1) is 0 Å². The molecule has 3 rings (SSSR count). The first-order chi connectivity index (χ1) is 13.1. The van der Waals surface area contributed by atoms with Gasteiger partial charge in [-0.25, -0.2) is 9.97 Å². The Kier molecular flexibility index (Phi) is 5.84. The normalized spacial score (nSPS) is 26.2. The lowest BCUT2D eigenvalue weighted by Crippen LogP contribution is -2.50. The van der Waals surface area contributed by atoms with Crippen molar-refractivity contribution in [3.8, 4) is 0 Å². The summed E-state index contributed by atoms with van der Waals surface area (Å²) in [5.41, 5.74) is 5.11. The minimum absolute atomic E-state index is 0.0439. The van der Waals surface area contributed by atoms with Gasteiger partial charge in [-0.2, -0.15) is 13.2 Å². The van der Waals surface area contributed by atoms with Crippen LogP contribution in [-0.2, 0) is 11.0 Å². The number of halogens is 3. The Labute approximate surface area is 163 Å². The van der Waals surface area contributed by atoms with E-state index < -0.39 is 11.9 Å². The first-order valence-corrected chi connectivity index (χ1v) is 9.79. The summed E-state index contributed by atoms with van der Waals surface area (Å²) >= 11 is 0. The van der Waals surface area contributed by atoms with Crippen LogP contribution in [0.15, 0.2) is 12.3 Å². The summed E-state index contributed by atoms with van der Waals surface area (Å²) < 4.78 is 38.6. The molecule has 2 atom stereocenters. The van der Waals surface area contributed by atoms with Crippen molar-refractivity contribution in [2.45, 2.75) is 51.7 Å². The lowest BCUT2D eigenvalue weighted by molar-refractivity contribution is -0.141. The molecule has 1 aromatic heterocycles. The quantitative estimate of drug-likeness (QED) is 0.843. The highest BCUT2D eigenvalue weighted by Gasteiger charge is 2.43. The van der Waals surface area contributed by atoms with Crippen LogP contribution in [-0.4, -0.2) is 53.0 Å². The number of hydrogen-bond donors (Lipinski definition) is 1. The molecule has 0 unspecified atom stereocenters. The van der Waals surface area contributed by atoms with Crippen molar-refractivity contribution in [3.63, 3.8) is 0 Å². The van der Waals surface area contributed by atoms with Crippen LogP contribution in [0.5, 0.6) is 0 Å². The number of nitrogens with two attached hydrogens (primary N) is 1. The molecule has 1 aromatic rings. The van der Waals surface area contributed by atoms with Gasteiger partial charge in [0.25, 0.3) is 0 Å². The molecule has 156 valence electrons. The van der Waals surface area contributed by atoms with Crippen molar-refractivity contribution in [3.05, 3.63) is 18.0 Å². The summed E-state index contributed by atoms with van der Waals surface area (Å²) in [6.45, 7) is 6.04. The molecule has 0 radical (unpaired) electrons. The van der Waals surface area contributed by atoms with E-state index in [0.717, 1.165) is 31.5 Å². The highest BCUT2D eigenvalue weighted by atomic mass is 19.4. The van der Waals surface area contributed by atoms with Gasteiger partial charge in [-0.1, -0.05) is 13.8 Å². The number of amides is 1. The van der Waals surface area contributed by atoms with E-state index in [-0.39, 0.29) is 23.3 Å². The number of nitrogens with zero attached hydrogens (tertiary/aromatic N) is 4. The van der Waals surface area contributed by atoms with Crippen LogP contribution in [0, 0.1) is 11.3 Å². The van der Waals surface area contributed by atoms with Gasteiger partial charge in [-0.3, -0.25) is 4.79 Å². The summed E-state index contributed by atoms with van der Waals surface area (Å²) in [4.78, 5) is 24.0. The Bertz CT molecular complexity index is 703. The molecule has 1 aliphatic carbocycles. The van der Waals surface area contributed by atoms with Crippen LogP contribution in [0.2, 0.25) is 0 Å². The maximum atomic E-state index is 12.9. The minimum atomic E-state index is -4.50. The maximum Gasteiger partial charge on any atom is 0.433 e. The molecular weight excluding hydrogens is 371 g/mol. The van der Waals surface area contributed by atoms with Gasteiger partial charge < -0.3 is 15.5 Å². The molecule has 0 spiro atoms. The van der Waals surface area contributed by atoms with E-state index in [1.807, 2.05) is 0 Å². The molecule has 2 N–H and O–H groups in total. The Hall–Kier alpha value is -1.90. The number of carbonyl (C=O) groups excluding carboxylic acids is 1. The van der Waals surface area contributed by atoms with E-state index in [0.29, 0.717) is 38.5 Å². The fourth-order valence-electron chi connectivity index (χ4n) is 4.32. The van der Waals surface area contributed by atoms with Gasteiger partial charge in [0, 0.05) is 44.8 Å². The van der Waals surface area contributed by atoms with Crippen molar-refractivity contribution in [1.29, 1.82) is 0 Å². The monoisotopic (exact) mass is 399 g/mol. The largest absolute Gasteiger partial charge is 0.433 e. The molecule has 1 saturated carbocycles. The molecule has 2 fully saturated rings. The number of anilines is 1. The third-order valence-corrected chi connectivity index (χ3v) is 6.26. The number of alkyl halides is 3. The lowest BCUT2D eigenvalue weighted by Gasteiger charge is -2.39. The molecule has 2 heterocycles. The molecule has 1 amide bonds. The number of piperazine rings is 1. The molecule has 0 aromatic carbocycles. The van der Waals surface area contributed by atoms with Gasteiger partial charge in [-0.15, -0.1) is 0 Å². The second-order valence-corrected chi connectivity index (χ2v) is 8.30. The van der Waals surface area contributed by atoms with Crippen molar-refractivity contribution < 1.29 is 18.0 Å². The summed E-state index contributed by atoms with van der Waals surface area (Å²) in [7, 11) is 0. The molecule has 9 heteroatoms. The van der Waals surface area contributed by atoms with E-state index in [9.17, 15) is 18.0 Å². The van der Waals surface area contributed by atoms with Gasteiger partial charge in [0.2, 0.25) is 11.9 Å². The van der Waals surface area contributed by atoms with E-state index in [4.69, 9.17) is 5.73 Å². The Morgan fingerprint density at radius 3 is 2.54 bits per heavy atom. The van der Waals surface area contributed by atoms with E-state index in [1.54, 1.807) is 9.80 Å². The van der Waals surface area contributed by atoms with Crippen LogP contribution in [0.4, 0.5) is 19.1 Å². The number of hydrogen-bond acceptors (Lipinski definition) is 5. The zero-order valence-electron chi connectivity index (χ0n) is 16.4. The smallest absolute Gasteiger partial charge is 0.339 e. The topological polar surface area (TPSA) is 75.4 Å². The van der Waals surface area contributed by atoms with Gasteiger partial charge in [0.1, 0.15) is 5.69 Å². The summed E-state index contributed by atoms with van der Waals surface area (Å²) in [6, 6.07) is 1.02. The second kappa shape index (κ2) is 7.85. The van der Waals surface area contributed by atoms with Crippen molar-refractivity contribution >= 4 is 11.9 Å². The minimum Gasteiger partial charge on any atom is -0.339 e. The Balaban J connectivity index is 1.60. The van der Waals surface area contributed by atoms with Crippen LogP contribution in [0.3, 0.4) is 0 Å². The zero-order valence-corrected chi connectivity index (χ0v) is 16.4. The number of carbonyl (C=O) groups is 1. The fraction of sp³-hybridized carbons (Fsp3) is 0.737. The predicted octanol–water partition coefficient (Wildman–Crippen LogP) is 2.69. The average molecular weight is 399 g/mol. The SMILES string of the molecule is CC(C)[C@]1(CC(=O)N2CCN(c3nccc(C(F)(F)F)n3)CC2)CC[C@@H](N)C1. The summed E-state index contributed by atoms with van der Waals surface area (Å²) in [5, 5.41) is 0. The first-order valence-electron chi connectivity index (χ1n) is 9.79.